The topological polar surface area (TPSA) is 29.1 Å². The molecule has 1 amide bonds. The smallest absolute Gasteiger partial charge is 0.321 e. The first-order valence-corrected chi connectivity index (χ1v) is 7.85. The van der Waals surface area contributed by atoms with Crippen molar-refractivity contribution in [3.8, 4) is 0 Å². The molecule has 0 saturated heterocycles. The third-order valence-electron chi connectivity index (χ3n) is 2.81. The number of hydrogen-bond donors (Lipinski definition) is 1. The number of anilines is 1. The largest absolute Gasteiger partial charge is 0.398 e. The van der Waals surface area contributed by atoms with Gasteiger partial charge in [0.1, 0.15) is 5.82 Å². The molecule has 2 aromatic carbocycles. The van der Waals surface area contributed by atoms with E-state index < -0.39 is 23.7 Å². The van der Waals surface area contributed by atoms with Crippen molar-refractivity contribution in [3.63, 3.8) is 0 Å². The first-order chi connectivity index (χ1) is 11.3. The molecule has 0 bridgehead atoms. The Morgan fingerprint density at radius 1 is 1.12 bits per heavy atom. The van der Waals surface area contributed by atoms with Crippen LogP contribution in [0.15, 0.2) is 59.5 Å². The lowest BCUT2D eigenvalue weighted by atomic mass is 10.2. The lowest BCUT2D eigenvalue weighted by Crippen LogP contribution is -2.12. The summed E-state index contributed by atoms with van der Waals surface area (Å²) in [6, 6.07) is 11.9. The summed E-state index contributed by atoms with van der Waals surface area (Å²) in [5.41, 5.74) is 0.797. The van der Waals surface area contributed by atoms with Crippen LogP contribution in [0.4, 0.5) is 23.2 Å². The van der Waals surface area contributed by atoms with Crippen LogP contribution in [-0.2, 0) is 4.79 Å². The van der Waals surface area contributed by atoms with Crippen molar-refractivity contribution in [2.24, 2.45) is 0 Å². The second kappa shape index (κ2) is 8.01. The number of hydrogen-bond acceptors (Lipinski definition) is 2. The Morgan fingerprint density at radius 3 is 2.58 bits per heavy atom. The van der Waals surface area contributed by atoms with Crippen LogP contribution in [0.2, 0.25) is 0 Å². The minimum absolute atomic E-state index is 0.292. The van der Waals surface area contributed by atoms with Crippen LogP contribution < -0.4 is 5.32 Å². The van der Waals surface area contributed by atoms with Crippen molar-refractivity contribution in [1.29, 1.82) is 0 Å². The number of carbonyl (C=O) groups excluding carboxylic acids is 1. The van der Waals surface area contributed by atoms with E-state index in [1.807, 2.05) is 0 Å². The van der Waals surface area contributed by atoms with Gasteiger partial charge in [0.05, 0.1) is 11.4 Å². The molecule has 0 spiro atoms. The van der Waals surface area contributed by atoms with Gasteiger partial charge in [0.2, 0.25) is 5.91 Å². The monoisotopic (exact) mass is 355 g/mol. The average molecular weight is 355 g/mol. The zero-order valence-electron chi connectivity index (χ0n) is 12.3. The van der Waals surface area contributed by atoms with Crippen molar-refractivity contribution in [3.05, 3.63) is 66.0 Å². The molecule has 0 aromatic heterocycles. The summed E-state index contributed by atoms with van der Waals surface area (Å²) in [5, 5.41) is 2.52. The Bertz CT molecular complexity index is 743. The van der Waals surface area contributed by atoms with Gasteiger partial charge < -0.3 is 5.32 Å². The number of alkyl halides is 3. The van der Waals surface area contributed by atoms with E-state index in [1.165, 1.54) is 42.5 Å². The van der Waals surface area contributed by atoms with Gasteiger partial charge in [-0.25, -0.2) is 4.39 Å². The van der Waals surface area contributed by atoms with Gasteiger partial charge in [0.15, 0.2) is 0 Å². The molecule has 0 saturated carbocycles. The van der Waals surface area contributed by atoms with Crippen molar-refractivity contribution >= 4 is 29.4 Å². The number of halogens is 4. The van der Waals surface area contributed by atoms with Crippen molar-refractivity contribution in [1.82, 2.24) is 0 Å². The second-order valence-corrected chi connectivity index (χ2v) is 5.79. The molecule has 0 aliphatic rings. The lowest BCUT2D eigenvalue weighted by molar-refractivity contribution is -0.111. The van der Waals surface area contributed by atoms with E-state index in [9.17, 15) is 22.4 Å². The Balaban J connectivity index is 2.03. The van der Waals surface area contributed by atoms with E-state index in [0.29, 0.717) is 27.9 Å². The molecule has 2 rings (SSSR count). The Hall–Kier alpha value is -2.28. The van der Waals surface area contributed by atoms with Crippen LogP contribution in [0, 0.1) is 5.82 Å². The summed E-state index contributed by atoms with van der Waals surface area (Å²) in [6.45, 7) is 0. The lowest BCUT2D eigenvalue weighted by Gasteiger charge is -2.10. The molecule has 0 radical (unpaired) electrons. The quantitative estimate of drug-likeness (QED) is 0.458. The van der Waals surface area contributed by atoms with Gasteiger partial charge in [0.25, 0.3) is 0 Å². The summed E-state index contributed by atoms with van der Waals surface area (Å²) in [4.78, 5) is 12.2. The number of carbonyl (C=O) groups is 1. The first kappa shape index (κ1) is 18.1. The molecular formula is C17H13F4NOS. The van der Waals surface area contributed by atoms with Crippen molar-refractivity contribution in [2.45, 2.75) is 11.1 Å². The minimum atomic E-state index is -4.29. The Labute approximate surface area is 140 Å². The van der Waals surface area contributed by atoms with E-state index in [1.54, 1.807) is 18.2 Å². The van der Waals surface area contributed by atoms with Gasteiger partial charge in [-0.05, 0) is 35.9 Å². The highest BCUT2D eigenvalue weighted by Gasteiger charge is 2.27. The van der Waals surface area contributed by atoms with E-state index >= 15 is 0 Å². The van der Waals surface area contributed by atoms with Crippen LogP contribution in [0.25, 0.3) is 6.08 Å². The Kier molecular flexibility index (Phi) is 6.03. The number of nitrogens with one attached hydrogen (secondary N) is 1. The van der Waals surface area contributed by atoms with Crippen molar-refractivity contribution in [2.75, 3.05) is 11.1 Å². The summed E-state index contributed by atoms with van der Waals surface area (Å²) < 4.78 is 50.0. The molecular weight excluding hydrogens is 342 g/mol. The van der Waals surface area contributed by atoms with Crippen LogP contribution >= 0.6 is 11.8 Å². The molecule has 7 heteroatoms. The third kappa shape index (κ3) is 6.08. The summed E-state index contributed by atoms with van der Waals surface area (Å²) in [7, 11) is 0. The number of para-hydroxylation sites is 1. The molecule has 24 heavy (non-hydrogen) atoms. The van der Waals surface area contributed by atoms with Crippen LogP contribution in [-0.4, -0.2) is 17.8 Å². The van der Waals surface area contributed by atoms with Gasteiger partial charge in [0, 0.05) is 11.0 Å². The Morgan fingerprint density at radius 2 is 1.88 bits per heavy atom. The maximum absolute atomic E-state index is 13.0. The fraction of sp³-hybridized carbons (Fsp3) is 0.118. The van der Waals surface area contributed by atoms with Gasteiger partial charge in [-0.3, -0.25) is 4.79 Å². The number of benzene rings is 2. The van der Waals surface area contributed by atoms with E-state index in [-0.39, 0.29) is 0 Å². The SMILES string of the molecule is O=C(/C=C/c1cccc(F)c1)Nc1ccccc1SCC(F)(F)F. The molecule has 2 aromatic rings. The molecule has 1 N–H and O–H groups in total. The summed E-state index contributed by atoms with van der Waals surface area (Å²) in [5.74, 6) is -1.98. The molecule has 0 atom stereocenters. The van der Waals surface area contributed by atoms with Gasteiger partial charge in [-0.2, -0.15) is 13.2 Å². The van der Waals surface area contributed by atoms with E-state index in [0.717, 1.165) is 0 Å². The molecule has 0 fully saturated rings. The molecule has 126 valence electrons. The minimum Gasteiger partial charge on any atom is -0.321 e. The predicted octanol–water partition coefficient (Wildman–Crippen LogP) is 5.13. The van der Waals surface area contributed by atoms with Gasteiger partial charge in [-0.15, -0.1) is 11.8 Å². The molecule has 0 aliphatic carbocycles. The third-order valence-corrected chi connectivity index (χ3v) is 3.95. The zero-order valence-corrected chi connectivity index (χ0v) is 13.1. The summed E-state index contributed by atoms with van der Waals surface area (Å²) in [6.07, 6.45) is -1.68. The maximum Gasteiger partial charge on any atom is 0.398 e. The van der Waals surface area contributed by atoms with Gasteiger partial charge in [-0.1, -0.05) is 24.3 Å². The maximum atomic E-state index is 13.0. The highest BCUT2D eigenvalue weighted by molar-refractivity contribution is 7.99. The fourth-order valence-electron chi connectivity index (χ4n) is 1.81. The van der Waals surface area contributed by atoms with E-state index in [2.05, 4.69) is 5.32 Å². The summed E-state index contributed by atoms with van der Waals surface area (Å²) >= 11 is 0.599. The standard InChI is InChI=1S/C17H13F4NOS/c18-13-5-3-4-12(10-13)8-9-16(23)22-14-6-1-2-7-15(14)24-11-17(19,20)21/h1-10H,11H2,(H,22,23)/b9-8+. The number of amides is 1. The van der Waals surface area contributed by atoms with Crippen LogP contribution in [0.5, 0.6) is 0 Å². The van der Waals surface area contributed by atoms with Crippen molar-refractivity contribution < 1.29 is 22.4 Å². The predicted molar refractivity (Wildman–Crippen MR) is 87.3 cm³/mol. The highest BCUT2D eigenvalue weighted by Crippen LogP contribution is 2.32. The first-order valence-electron chi connectivity index (χ1n) is 6.87. The average Bonchev–Trinajstić information content (AvgIpc) is 2.51. The molecule has 0 unspecified atom stereocenters. The number of thioether (sulfide) groups is 1. The molecule has 0 heterocycles. The van der Waals surface area contributed by atoms with Gasteiger partial charge >= 0.3 is 6.18 Å². The zero-order chi connectivity index (χ0) is 17.6. The normalized spacial score (nSPS) is 11.7. The van der Waals surface area contributed by atoms with E-state index in [4.69, 9.17) is 0 Å². The van der Waals surface area contributed by atoms with Crippen LogP contribution in [0.1, 0.15) is 5.56 Å². The molecule has 0 aliphatic heterocycles. The molecule has 2 nitrogen and oxygen atoms in total. The van der Waals surface area contributed by atoms with Crippen LogP contribution in [0.3, 0.4) is 0 Å². The number of rotatable bonds is 5. The highest BCUT2D eigenvalue weighted by atomic mass is 32.2. The fourth-order valence-corrected chi connectivity index (χ4v) is 2.58. The second-order valence-electron chi connectivity index (χ2n) is 4.78.